The van der Waals surface area contributed by atoms with Crippen LogP contribution >= 0.6 is 0 Å². The van der Waals surface area contributed by atoms with Crippen LogP contribution in [0.15, 0.2) is 218 Å². The molecule has 4 nitrogen and oxygen atoms in total. The summed E-state index contributed by atoms with van der Waals surface area (Å²) in [6.07, 6.45) is 0. The molecule has 0 bridgehead atoms. The van der Waals surface area contributed by atoms with Crippen LogP contribution in [0.3, 0.4) is 0 Å². The molecule has 0 saturated carbocycles. The van der Waals surface area contributed by atoms with Crippen molar-refractivity contribution in [1.29, 1.82) is 0 Å². The van der Waals surface area contributed by atoms with Crippen LogP contribution < -0.4 is 0 Å². The Morgan fingerprint density at radius 1 is 0.281 bits per heavy atom. The van der Waals surface area contributed by atoms with Crippen LogP contribution in [0.2, 0.25) is 0 Å². The van der Waals surface area contributed by atoms with Gasteiger partial charge in [-0.1, -0.05) is 182 Å². The van der Waals surface area contributed by atoms with Gasteiger partial charge in [0.2, 0.25) is 0 Å². The minimum atomic E-state index is 0.955. The molecule has 10 aromatic carbocycles. The molecule has 0 saturated heterocycles. The molecule has 0 unspecified atom stereocenters. The Bertz CT molecular complexity index is 3530. The Morgan fingerprint density at radius 2 is 0.719 bits per heavy atom. The molecular weight excluding hydrogens is 777 g/mol. The van der Waals surface area contributed by atoms with Gasteiger partial charge in [0.25, 0.3) is 0 Å². The van der Waals surface area contributed by atoms with Crippen LogP contribution in [0.5, 0.6) is 0 Å². The maximum absolute atomic E-state index is 5.09. The van der Waals surface area contributed by atoms with Crippen LogP contribution in [0, 0.1) is 0 Å². The molecule has 302 valence electrons. The Hall–Kier alpha value is -8.34. The first-order chi connectivity index (χ1) is 31.6. The van der Waals surface area contributed by atoms with E-state index in [1.54, 1.807) is 0 Å². The van der Waals surface area contributed by atoms with E-state index >= 15 is 0 Å². The van der Waals surface area contributed by atoms with Crippen molar-refractivity contribution in [2.24, 2.45) is 14.1 Å². The van der Waals surface area contributed by atoms with Gasteiger partial charge in [-0.25, -0.2) is 9.97 Å². The number of fused-ring (bicyclic) bond motifs is 4. The van der Waals surface area contributed by atoms with Gasteiger partial charge >= 0.3 is 0 Å². The van der Waals surface area contributed by atoms with Gasteiger partial charge < -0.3 is 9.13 Å². The molecular formula is C60H42N4. The number of benzene rings is 10. The van der Waals surface area contributed by atoms with Gasteiger partial charge in [-0.05, 0) is 114 Å². The van der Waals surface area contributed by atoms with E-state index in [-0.39, 0.29) is 0 Å². The van der Waals surface area contributed by atoms with E-state index in [9.17, 15) is 0 Å². The number of aromatic nitrogens is 4. The Labute approximate surface area is 372 Å². The third-order valence-corrected chi connectivity index (χ3v) is 13.0. The molecule has 0 N–H and O–H groups in total. The molecule has 0 aliphatic rings. The number of aryl methyl sites for hydroxylation is 2. The van der Waals surface area contributed by atoms with E-state index in [4.69, 9.17) is 9.97 Å². The van der Waals surface area contributed by atoms with Gasteiger partial charge in [0.05, 0.1) is 22.1 Å². The van der Waals surface area contributed by atoms with E-state index in [1.165, 1.54) is 66.1 Å². The quantitative estimate of drug-likeness (QED) is 0.150. The lowest BCUT2D eigenvalue weighted by Gasteiger charge is -2.20. The molecule has 2 aromatic heterocycles. The zero-order valence-electron chi connectivity index (χ0n) is 35.6. The van der Waals surface area contributed by atoms with E-state index in [2.05, 4.69) is 229 Å². The maximum Gasteiger partial charge on any atom is 0.140 e. The van der Waals surface area contributed by atoms with Crippen LogP contribution in [0.1, 0.15) is 0 Å². The van der Waals surface area contributed by atoms with Crippen LogP contribution in [-0.4, -0.2) is 19.1 Å². The van der Waals surface area contributed by atoms with Gasteiger partial charge in [-0.3, -0.25) is 0 Å². The number of nitrogens with zero attached hydrogens (tertiary/aromatic N) is 4. The highest BCUT2D eigenvalue weighted by Gasteiger charge is 2.21. The van der Waals surface area contributed by atoms with Crippen LogP contribution in [0.4, 0.5) is 0 Å². The smallest absolute Gasteiger partial charge is 0.140 e. The standard InChI is InChI=1S/C60H42N4/c1-63-56-36-44(30-33-54(56)61-59(63)41-21-11-5-12-22-41)46-25-15-27-49-51(46)38-52-47(45-31-34-55-57(37-45)64(2)60(62-55)42-23-13-6-14-24-42)26-16-28-50(52)58(49)53-35-43(39-17-7-3-8-18-39)29-32-48(53)40-19-9-4-10-20-40/h3-38H,1-2H3. The van der Waals surface area contributed by atoms with Crippen LogP contribution in [-0.2, 0) is 14.1 Å². The summed E-state index contributed by atoms with van der Waals surface area (Å²) in [5.74, 6) is 1.91. The van der Waals surface area contributed by atoms with Gasteiger partial charge in [0, 0.05) is 25.2 Å². The van der Waals surface area contributed by atoms with Gasteiger partial charge in [-0.15, -0.1) is 0 Å². The van der Waals surface area contributed by atoms with E-state index in [0.29, 0.717) is 0 Å². The minimum Gasteiger partial charge on any atom is -0.327 e. The molecule has 12 aromatic rings. The molecule has 0 spiro atoms. The zero-order chi connectivity index (χ0) is 42.7. The maximum atomic E-state index is 5.09. The fourth-order valence-electron chi connectivity index (χ4n) is 9.80. The highest BCUT2D eigenvalue weighted by molar-refractivity contribution is 6.20. The summed E-state index contributed by atoms with van der Waals surface area (Å²) in [4.78, 5) is 10.2. The Kier molecular flexibility index (Phi) is 8.91. The number of hydrogen-bond acceptors (Lipinski definition) is 2. The molecule has 12 rings (SSSR count). The molecule has 0 atom stereocenters. The number of hydrogen-bond donors (Lipinski definition) is 0. The highest BCUT2D eigenvalue weighted by atomic mass is 15.1. The molecule has 0 amide bonds. The Morgan fingerprint density at radius 3 is 1.20 bits per heavy atom. The van der Waals surface area contributed by atoms with E-state index in [0.717, 1.165) is 56.0 Å². The monoisotopic (exact) mass is 818 g/mol. The summed E-state index contributed by atoms with van der Waals surface area (Å²) in [6, 6.07) is 78.9. The topological polar surface area (TPSA) is 35.6 Å². The molecule has 4 heteroatoms. The predicted octanol–water partition coefficient (Wildman–Crippen LogP) is 15.4. The highest BCUT2D eigenvalue weighted by Crippen LogP contribution is 2.47. The molecule has 0 aliphatic carbocycles. The second kappa shape index (κ2) is 15.2. The minimum absolute atomic E-state index is 0.955. The lowest BCUT2D eigenvalue weighted by Crippen LogP contribution is -1.94. The summed E-state index contributed by atoms with van der Waals surface area (Å²) in [5, 5.41) is 4.79. The fourth-order valence-corrected chi connectivity index (χ4v) is 9.80. The van der Waals surface area contributed by atoms with Crippen molar-refractivity contribution in [3.05, 3.63) is 218 Å². The first-order valence-corrected chi connectivity index (χ1v) is 21.9. The summed E-state index contributed by atoms with van der Waals surface area (Å²) in [7, 11) is 4.24. The van der Waals surface area contributed by atoms with Crippen molar-refractivity contribution in [3.63, 3.8) is 0 Å². The summed E-state index contributed by atoms with van der Waals surface area (Å²) >= 11 is 0. The molecule has 0 aliphatic heterocycles. The zero-order valence-corrected chi connectivity index (χ0v) is 35.6. The van der Waals surface area contributed by atoms with Crippen molar-refractivity contribution in [2.75, 3.05) is 0 Å². The van der Waals surface area contributed by atoms with E-state index < -0.39 is 0 Å². The fraction of sp³-hybridized carbons (Fsp3) is 0.0333. The van der Waals surface area contributed by atoms with E-state index in [1.807, 2.05) is 12.1 Å². The third-order valence-electron chi connectivity index (χ3n) is 13.0. The average molecular weight is 819 g/mol. The second-order valence-corrected chi connectivity index (χ2v) is 16.7. The summed E-state index contributed by atoms with van der Waals surface area (Å²) in [6.45, 7) is 0. The van der Waals surface area contributed by atoms with Crippen molar-refractivity contribution >= 4 is 43.6 Å². The molecule has 0 fully saturated rings. The third kappa shape index (κ3) is 6.22. The van der Waals surface area contributed by atoms with Gasteiger partial charge in [0.15, 0.2) is 0 Å². The molecule has 0 radical (unpaired) electrons. The average Bonchev–Trinajstić information content (AvgIpc) is 3.88. The van der Waals surface area contributed by atoms with Gasteiger partial charge in [-0.2, -0.15) is 0 Å². The lowest BCUT2D eigenvalue weighted by molar-refractivity contribution is 0.959. The first-order valence-electron chi connectivity index (χ1n) is 21.9. The Balaban J connectivity index is 1.15. The van der Waals surface area contributed by atoms with Crippen molar-refractivity contribution in [2.45, 2.75) is 0 Å². The summed E-state index contributed by atoms with van der Waals surface area (Å²) < 4.78 is 4.44. The number of imidazole rings is 2. The summed E-state index contributed by atoms with van der Waals surface area (Å²) in [5.41, 5.74) is 18.1. The second-order valence-electron chi connectivity index (χ2n) is 16.7. The van der Waals surface area contributed by atoms with Crippen molar-refractivity contribution in [3.8, 4) is 78.4 Å². The largest absolute Gasteiger partial charge is 0.327 e. The first kappa shape index (κ1) is 37.4. The van der Waals surface area contributed by atoms with Gasteiger partial charge in [0.1, 0.15) is 11.6 Å². The van der Waals surface area contributed by atoms with Crippen molar-refractivity contribution < 1.29 is 0 Å². The number of rotatable bonds is 7. The lowest BCUT2D eigenvalue weighted by atomic mass is 9.83. The normalized spacial score (nSPS) is 11.6. The predicted molar refractivity (Wildman–Crippen MR) is 268 cm³/mol. The SMILES string of the molecule is Cn1c(-c2ccccc2)nc2ccc(-c3cccc4c(-c5cc(-c6ccccc6)ccc5-c5ccccc5)c5cccc(-c6ccc7nc(-c8ccccc8)n(C)c7c6)c5cc34)cc21. The van der Waals surface area contributed by atoms with Crippen molar-refractivity contribution in [1.82, 2.24) is 19.1 Å². The van der Waals surface area contributed by atoms with Crippen LogP contribution in [0.25, 0.3) is 122 Å². The molecule has 64 heavy (non-hydrogen) atoms. The molecule has 2 heterocycles.